The fourth-order valence-electron chi connectivity index (χ4n) is 2.07. The van der Waals surface area contributed by atoms with Crippen molar-refractivity contribution in [2.75, 3.05) is 19.0 Å². The van der Waals surface area contributed by atoms with Crippen molar-refractivity contribution in [3.8, 4) is 5.75 Å². The molecule has 0 saturated carbocycles. The molecular formula is C19H23N3O2. The van der Waals surface area contributed by atoms with Gasteiger partial charge in [-0.25, -0.2) is 5.43 Å². The molecule has 0 saturated heterocycles. The summed E-state index contributed by atoms with van der Waals surface area (Å²) in [4.78, 5) is 14.0. The molecule has 24 heavy (non-hydrogen) atoms. The average molecular weight is 325 g/mol. The molecule has 0 radical (unpaired) electrons. The molecule has 1 N–H and O–H groups in total. The maximum Gasteiger partial charge on any atom is 0.280 e. The van der Waals surface area contributed by atoms with Gasteiger partial charge in [0.05, 0.1) is 6.21 Å². The second kappa shape index (κ2) is 8.15. The summed E-state index contributed by atoms with van der Waals surface area (Å²) in [6, 6.07) is 15.5. The van der Waals surface area contributed by atoms with Crippen molar-refractivity contribution in [3.63, 3.8) is 0 Å². The van der Waals surface area contributed by atoms with Gasteiger partial charge in [0.1, 0.15) is 5.75 Å². The quantitative estimate of drug-likeness (QED) is 0.656. The first-order valence-electron chi connectivity index (χ1n) is 7.79. The first-order chi connectivity index (χ1) is 11.5. The second-order valence-electron chi connectivity index (χ2n) is 5.80. The smallest absolute Gasteiger partial charge is 0.280 e. The largest absolute Gasteiger partial charge is 0.481 e. The third-order valence-electron chi connectivity index (χ3n) is 3.47. The average Bonchev–Trinajstić information content (AvgIpc) is 2.55. The number of anilines is 1. The number of carbonyl (C=O) groups excluding carboxylic acids is 1. The van der Waals surface area contributed by atoms with Gasteiger partial charge in [-0.15, -0.1) is 0 Å². The van der Waals surface area contributed by atoms with E-state index in [1.165, 1.54) is 0 Å². The van der Waals surface area contributed by atoms with Crippen LogP contribution >= 0.6 is 0 Å². The van der Waals surface area contributed by atoms with E-state index in [9.17, 15) is 4.79 Å². The van der Waals surface area contributed by atoms with Crippen molar-refractivity contribution < 1.29 is 9.53 Å². The lowest BCUT2D eigenvalue weighted by molar-refractivity contribution is -0.127. The summed E-state index contributed by atoms with van der Waals surface area (Å²) in [6.45, 7) is 3.67. The zero-order chi connectivity index (χ0) is 17.5. The van der Waals surface area contributed by atoms with Gasteiger partial charge in [-0.2, -0.15) is 5.10 Å². The summed E-state index contributed by atoms with van der Waals surface area (Å²) in [5.74, 6) is 0.374. The minimum atomic E-state index is -0.625. The van der Waals surface area contributed by atoms with Gasteiger partial charge in [-0.3, -0.25) is 4.79 Å². The van der Waals surface area contributed by atoms with E-state index in [-0.39, 0.29) is 5.91 Å². The highest BCUT2D eigenvalue weighted by Crippen LogP contribution is 2.14. The number of benzene rings is 2. The van der Waals surface area contributed by atoms with E-state index in [2.05, 4.69) is 10.5 Å². The Morgan fingerprint density at radius 1 is 1.21 bits per heavy atom. The lowest BCUT2D eigenvalue weighted by Crippen LogP contribution is -2.33. The van der Waals surface area contributed by atoms with Crippen LogP contribution in [-0.2, 0) is 4.79 Å². The van der Waals surface area contributed by atoms with E-state index in [0.717, 1.165) is 16.8 Å². The molecule has 0 aromatic heterocycles. The summed E-state index contributed by atoms with van der Waals surface area (Å²) in [6.07, 6.45) is 0.983. The van der Waals surface area contributed by atoms with Crippen LogP contribution in [0, 0.1) is 6.92 Å². The van der Waals surface area contributed by atoms with E-state index in [4.69, 9.17) is 4.74 Å². The van der Waals surface area contributed by atoms with Crippen LogP contribution in [-0.4, -0.2) is 32.3 Å². The van der Waals surface area contributed by atoms with E-state index in [0.29, 0.717) is 5.75 Å². The molecule has 5 nitrogen and oxygen atoms in total. The van der Waals surface area contributed by atoms with Crippen LogP contribution in [0.3, 0.4) is 0 Å². The Balaban J connectivity index is 1.87. The molecule has 2 aromatic rings. The van der Waals surface area contributed by atoms with Gasteiger partial charge in [0.15, 0.2) is 6.10 Å². The Hall–Kier alpha value is -2.82. The summed E-state index contributed by atoms with van der Waals surface area (Å²) < 4.78 is 5.61. The maximum absolute atomic E-state index is 12.0. The van der Waals surface area contributed by atoms with Crippen LogP contribution in [0.2, 0.25) is 0 Å². The van der Waals surface area contributed by atoms with Gasteiger partial charge >= 0.3 is 0 Å². The molecule has 0 aliphatic carbocycles. The topological polar surface area (TPSA) is 53.9 Å². The van der Waals surface area contributed by atoms with Gasteiger partial charge < -0.3 is 9.64 Å². The summed E-state index contributed by atoms with van der Waals surface area (Å²) in [5, 5.41) is 3.98. The Morgan fingerprint density at radius 2 is 1.92 bits per heavy atom. The molecule has 0 unspecified atom stereocenters. The molecule has 126 valence electrons. The van der Waals surface area contributed by atoms with Crippen molar-refractivity contribution in [3.05, 3.63) is 59.7 Å². The lowest BCUT2D eigenvalue weighted by Gasteiger charge is -2.13. The number of nitrogens with zero attached hydrogens (tertiary/aromatic N) is 2. The molecule has 0 heterocycles. The van der Waals surface area contributed by atoms with Crippen LogP contribution in [0.1, 0.15) is 18.1 Å². The molecule has 0 bridgehead atoms. The number of nitrogens with one attached hydrogen (secondary N) is 1. The normalized spacial score (nSPS) is 12.0. The number of carbonyl (C=O) groups is 1. The fourth-order valence-corrected chi connectivity index (χ4v) is 2.07. The Kier molecular flexibility index (Phi) is 5.95. The van der Waals surface area contributed by atoms with Crippen LogP contribution in [0.15, 0.2) is 53.6 Å². The predicted molar refractivity (Wildman–Crippen MR) is 97.8 cm³/mol. The standard InChI is InChI=1S/C19H23N3O2/c1-14-6-5-7-18(12-14)24-15(2)19(23)21-20-13-16-8-10-17(11-9-16)22(3)4/h5-13,15H,1-4H3,(H,21,23)/b20-13-/t15-/m1/s1. The highest BCUT2D eigenvalue weighted by atomic mass is 16.5. The zero-order valence-corrected chi connectivity index (χ0v) is 14.5. The predicted octanol–water partition coefficient (Wildman–Crippen LogP) is 2.98. The fraction of sp³-hybridized carbons (Fsp3) is 0.263. The van der Waals surface area contributed by atoms with Crippen LogP contribution in [0.4, 0.5) is 5.69 Å². The number of hydrazone groups is 1. The molecule has 0 aliphatic heterocycles. The van der Waals surface area contributed by atoms with Crippen molar-refractivity contribution in [1.82, 2.24) is 5.43 Å². The van der Waals surface area contributed by atoms with Crippen LogP contribution in [0.25, 0.3) is 0 Å². The number of hydrogen-bond acceptors (Lipinski definition) is 4. The van der Waals surface area contributed by atoms with E-state index < -0.39 is 6.10 Å². The Bertz CT molecular complexity index is 709. The minimum absolute atomic E-state index is 0.294. The van der Waals surface area contributed by atoms with Gasteiger partial charge in [0.2, 0.25) is 0 Å². The van der Waals surface area contributed by atoms with Gasteiger partial charge in [0.25, 0.3) is 5.91 Å². The Labute approximate surface area is 142 Å². The highest BCUT2D eigenvalue weighted by molar-refractivity contribution is 5.84. The number of ether oxygens (including phenoxy) is 1. The monoisotopic (exact) mass is 325 g/mol. The molecule has 5 heteroatoms. The summed E-state index contributed by atoms with van der Waals surface area (Å²) in [5.41, 5.74) is 5.60. The van der Waals surface area contributed by atoms with Crippen LogP contribution in [0.5, 0.6) is 5.75 Å². The molecule has 1 atom stereocenters. The summed E-state index contributed by atoms with van der Waals surface area (Å²) in [7, 11) is 3.97. The second-order valence-corrected chi connectivity index (χ2v) is 5.80. The zero-order valence-electron chi connectivity index (χ0n) is 14.5. The van der Waals surface area contributed by atoms with E-state index in [1.54, 1.807) is 13.1 Å². The van der Waals surface area contributed by atoms with Crippen molar-refractivity contribution >= 4 is 17.8 Å². The maximum atomic E-state index is 12.0. The third-order valence-corrected chi connectivity index (χ3v) is 3.47. The number of rotatable bonds is 6. The molecule has 0 spiro atoms. The molecule has 1 amide bonds. The van der Waals surface area contributed by atoms with Gasteiger partial charge in [-0.05, 0) is 49.2 Å². The van der Waals surface area contributed by atoms with Gasteiger partial charge in [0, 0.05) is 19.8 Å². The molecule has 2 aromatic carbocycles. The lowest BCUT2D eigenvalue weighted by atomic mass is 10.2. The molecule has 0 aliphatic rings. The van der Waals surface area contributed by atoms with Crippen molar-refractivity contribution in [2.24, 2.45) is 5.10 Å². The molecular weight excluding hydrogens is 302 g/mol. The van der Waals surface area contributed by atoms with E-state index in [1.807, 2.05) is 74.4 Å². The molecule has 0 fully saturated rings. The number of aryl methyl sites for hydroxylation is 1. The number of hydrogen-bond donors (Lipinski definition) is 1. The minimum Gasteiger partial charge on any atom is -0.481 e. The summed E-state index contributed by atoms with van der Waals surface area (Å²) >= 11 is 0. The first kappa shape index (κ1) is 17.5. The van der Waals surface area contributed by atoms with Crippen molar-refractivity contribution in [2.45, 2.75) is 20.0 Å². The van der Waals surface area contributed by atoms with Gasteiger partial charge in [-0.1, -0.05) is 24.3 Å². The molecule has 2 rings (SSSR count). The SMILES string of the molecule is Cc1cccc(O[C@H](C)C(=O)N/N=C\c2ccc(N(C)C)cc2)c1. The van der Waals surface area contributed by atoms with Crippen LogP contribution < -0.4 is 15.1 Å². The number of amides is 1. The van der Waals surface area contributed by atoms with Crippen molar-refractivity contribution in [1.29, 1.82) is 0 Å². The first-order valence-corrected chi connectivity index (χ1v) is 7.79. The highest BCUT2D eigenvalue weighted by Gasteiger charge is 2.13. The third kappa shape index (κ3) is 5.12. The van der Waals surface area contributed by atoms with E-state index >= 15 is 0 Å². The Morgan fingerprint density at radius 3 is 2.54 bits per heavy atom.